The van der Waals surface area contributed by atoms with Crippen LogP contribution in [0.5, 0.6) is 0 Å². The van der Waals surface area contributed by atoms with Gasteiger partial charge in [-0.2, -0.15) is 0 Å². The van der Waals surface area contributed by atoms with Crippen LogP contribution in [-0.2, 0) is 0 Å². The third kappa shape index (κ3) is 2.13. The maximum atomic E-state index is 12.2. The van der Waals surface area contributed by atoms with Crippen LogP contribution in [0.3, 0.4) is 0 Å². The summed E-state index contributed by atoms with van der Waals surface area (Å²) in [6.45, 7) is 3.98. The van der Waals surface area contributed by atoms with E-state index in [9.17, 15) is 4.79 Å². The molecule has 0 spiro atoms. The molecule has 96 valence electrons. The van der Waals surface area contributed by atoms with Crippen molar-refractivity contribution in [2.24, 2.45) is 0 Å². The Morgan fingerprint density at radius 1 is 1.21 bits per heavy atom. The number of hydrogen-bond acceptors (Lipinski definition) is 3. The lowest BCUT2D eigenvalue weighted by Gasteiger charge is -2.01. The SMILES string of the molecule is Cc1sc2nc(-c3ccc(Br)cc3)[nH]c(=O)c2c1C. The van der Waals surface area contributed by atoms with Crippen molar-refractivity contribution in [1.29, 1.82) is 0 Å². The molecule has 1 N–H and O–H groups in total. The summed E-state index contributed by atoms with van der Waals surface area (Å²) in [5.74, 6) is 0.617. The fourth-order valence-corrected chi connectivity index (χ4v) is 3.29. The molecule has 0 atom stereocenters. The van der Waals surface area contributed by atoms with Crippen molar-refractivity contribution in [3.05, 3.63) is 49.5 Å². The minimum atomic E-state index is -0.0650. The van der Waals surface area contributed by atoms with Crippen LogP contribution in [0.25, 0.3) is 21.6 Å². The molecule has 1 aromatic carbocycles. The lowest BCUT2D eigenvalue weighted by molar-refractivity contribution is 1.18. The Hall–Kier alpha value is -1.46. The molecule has 0 saturated carbocycles. The number of benzene rings is 1. The Morgan fingerprint density at radius 3 is 2.58 bits per heavy atom. The van der Waals surface area contributed by atoms with Gasteiger partial charge in [-0.3, -0.25) is 4.79 Å². The third-order valence-electron chi connectivity index (χ3n) is 3.16. The highest BCUT2D eigenvalue weighted by Gasteiger charge is 2.12. The van der Waals surface area contributed by atoms with E-state index >= 15 is 0 Å². The van der Waals surface area contributed by atoms with Gasteiger partial charge >= 0.3 is 0 Å². The number of fused-ring (bicyclic) bond motifs is 1. The van der Waals surface area contributed by atoms with Crippen LogP contribution in [0.2, 0.25) is 0 Å². The first-order valence-corrected chi connectivity index (χ1v) is 7.43. The molecule has 0 radical (unpaired) electrons. The minimum absolute atomic E-state index is 0.0650. The summed E-state index contributed by atoms with van der Waals surface area (Å²) in [7, 11) is 0. The van der Waals surface area contributed by atoms with Crippen molar-refractivity contribution in [2.45, 2.75) is 13.8 Å². The molecule has 0 fully saturated rings. The number of aromatic amines is 1. The van der Waals surface area contributed by atoms with E-state index in [0.29, 0.717) is 11.2 Å². The number of halogens is 1. The van der Waals surface area contributed by atoms with Crippen molar-refractivity contribution in [3.8, 4) is 11.4 Å². The van der Waals surface area contributed by atoms with Crippen LogP contribution < -0.4 is 5.56 Å². The van der Waals surface area contributed by atoms with Gasteiger partial charge in [0.1, 0.15) is 10.7 Å². The zero-order valence-corrected chi connectivity index (χ0v) is 12.9. The van der Waals surface area contributed by atoms with Crippen molar-refractivity contribution in [1.82, 2.24) is 9.97 Å². The normalized spacial score (nSPS) is 11.1. The van der Waals surface area contributed by atoms with Gasteiger partial charge in [0, 0.05) is 14.9 Å². The summed E-state index contributed by atoms with van der Waals surface area (Å²) < 4.78 is 1.00. The first-order valence-electron chi connectivity index (χ1n) is 5.82. The van der Waals surface area contributed by atoms with Gasteiger partial charge in [-0.25, -0.2) is 4.98 Å². The molecule has 19 heavy (non-hydrogen) atoms. The summed E-state index contributed by atoms with van der Waals surface area (Å²) in [5.41, 5.74) is 1.87. The van der Waals surface area contributed by atoms with E-state index in [2.05, 4.69) is 25.9 Å². The Balaban J connectivity index is 2.27. The molecule has 0 aliphatic rings. The maximum absolute atomic E-state index is 12.2. The van der Waals surface area contributed by atoms with Crippen molar-refractivity contribution in [2.75, 3.05) is 0 Å². The largest absolute Gasteiger partial charge is 0.306 e. The smallest absolute Gasteiger partial charge is 0.260 e. The standard InChI is InChI=1S/C14H11BrN2OS/c1-7-8(2)19-14-11(7)13(18)16-12(17-14)9-3-5-10(15)6-4-9/h3-6H,1-2H3,(H,16,17,18). The summed E-state index contributed by atoms with van der Waals surface area (Å²) in [5, 5.41) is 0.711. The molecule has 3 aromatic rings. The number of hydrogen-bond donors (Lipinski definition) is 1. The van der Waals surface area contributed by atoms with Gasteiger partial charge in [0.15, 0.2) is 0 Å². The van der Waals surface area contributed by atoms with Gasteiger partial charge in [-0.15, -0.1) is 11.3 Å². The second-order valence-electron chi connectivity index (χ2n) is 4.38. The van der Waals surface area contributed by atoms with Gasteiger partial charge in [0.2, 0.25) is 0 Å². The first-order chi connectivity index (χ1) is 9.06. The monoisotopic (exact) mass is 334 g/mol. The second kappa shape index (κ2) is 4.58. The minimum Gasteiger partial charge on any atom is -0.306 e. The van der Waals surface area contributed by atoms with Gasteiger partial charge < -0.3 is 4.98 Å². The quantitative estimate of drug-likeness (QED) is 0.730. The molecular formula is C14H11BrN2OS. The number of nitrogens with one attached hydrogen (secondary N) is 1. The molecule has 0 bridgehead atoms. The van der Waals surface area contributed by atoms with Gasteiger partial charge in [-0.1, -0.05) is 28.1 Å². The van der Waals surface area contributed by atoms with E-state index in [1.807, 2.05) is 38.1 Å². The van der Waals surface area contributed by atoms with E-state index in [-0.39, 0.29) is 5.56 Å². The fourth-order valence-electron chi connectivity index (χ4n) is 2.00. The molecule has 0 amide bonds. The Morgan fingerprint density at radius 2 is 1.89 bits per heavy atom. The number of nitrogens with zero attached hydrogens (tertiary/aromatic N) is 1. The van der Waals surface area contributed by atoms with Gasteiger partial charge in [0.25, 0.3) is 5.56 Å². The number of H-pyrrole nitrogens is 1. The first kappa shape index (κ1) is 12.6. The number of thiophene rings is 1. The Kier molecular flexibility index (Phi) is 3.03. The molecule has 2 aromatic heterocycles. The summed E-state index contributed by atoms with van der Waals surface area (Å²) in [6, 6.07) is 7.73. The molecule has 3 rings (SSSR count). The number of rotatable bonds is 1. The Bertz CT molecular complexity index is 818. The highest BCUT2D eigenvalue weighted by molar-refractivity contribution is 9.10. The molecule has 0 aliphatic carbocycles. The molecule has 0 saturated heterocycles. The molecule has 3 nitrogen and oxygen atoms in total. The average Bonchev–Trinajstić information content (AvgIpc) is 2.66. The summed E-state index contributed by atoms with van der Waals surface area (Å²) in [4.78, 5) is 21.5. The van der Waals surface area contributed by atoms with Crippen LogP contribution in [0.1, 0.15) is 10.4 Å². The van der Waals surface area contributed by atoms with Gasteiger partial charge in [-0.05, 0) is 31.5 Å². The predicted octanol–water partition coefficient (Wildman–Crippen LogP) is 4.03. The Labute approximate surface area is 122 Å². The molecular weight excluding hydrogens is 324 g/mol. The van der Waals surface area contributed by atoms with E-state index in [1.165, 1.54) is 0 Å². The molecule has 2 heterocycles. The van der Waals surface area contributed by atoms with E-state index in [1.54, 1.807) is 11.3 Å². The molecule has 0 aliphatic heterocycles. The van der Waals surface area contributed by atoms with Crippen LogP contribution in [0.15, 0.2) is 33.5 Å². The molecule has 5 heteroatoms. The molecule has 0 unspecified atom stereocenters. The lowest BCUT2D eigenvalue weighted by atomic mass is 10.2. The van der Waals surface area contributed by atoms with Crippen LogP contribution in [0, 0.1) is 13.8 Å². The topological polar surface area (TPSA) is 45.8 Å². The van der Waals surface area contributed by atoms with Crippen molar-refractivity contribution in [3.63, 3.8) is 0 Å². The van der Waals surface area contributed by atoms with Crippen LogP contribution in [-0.4, -0.2) is 9.97 Å². The van der Waals surface area contributed by atoms with Crippen molar-refractivity contribution >= 4 is 37.5 Å². The van der Waals surface area contributed by atoms with E-state index in [0.717, 1.165) is 25.3 Å². The lowest BCUT2D eigenvalue weighted by Crippen LogP contribution is -2.09. The highest BCUT2D eigenvalue weighted by Crippen LogP contribution is 2.27. The number of aromatic nitrogens is 2. The van der Waals surface area contributed by atoms with Crippen LogP contribution in [0.4, 0.5) is 0 Å². The third-order valence-corrected chi connectivity index (χ3v) is 4.79. The van der Waals surface area contributed by atoms with E-state index < -0.39 is 0 Å². The zero-order valence-electron chi connectivity index (χ0n) is 10.5. The zero-order chi connectivity index (χ0) is 13.6. The van der Waals surface area contributed by atoms with Gasteiger partial charge in [0.05, 0.1) is 5.39 Å². The highest BCUT2D eigenvalue weighted by atomic mass is 79.9. The van der Waals surface area contributed by atoms with Crippen molar-refractivity contribution < 1.29 is 0 Å². The van der Waals surface area contributed by atoms with E-state index in [4.69, 9.17) is 0 Å². The predicted molar refractivity (Wildman–Crippen MR) is 82.9 cm³/mol. The average molecular weight is 335 g/mol. The number of aryl methyl sites for hydroxylation is 2. The second-order valence-corrected chi connectivity index (χ2v) is 6.50. The maximum Gasteiger partial charge on any atom is 0.260 e. The van der Waals surface area contributed by atoms with Crippen LogP contribution >= 0.6 is 27.3 Å². The summed E-state index contributed by atoms with van der Waals surface area (Å²) in [6.07, 6.45) is 0. The summed E-state index contributed by atoms with van der Waals surface area (Å²) >= 11 is 4.96. The fraction of sp³-hybridized carbons (Fsp3) is 0.143.